The van der Waals surface area contributed by atoms with Gasteiger partial charge in [0.1, 0.15) is 5.69 Å². The van der Waals surface area contributed by atoms with Crippen molar-refractivity contribution < 1.29 is 9.32 Å². The zero-order valence-corrected chi connectivity index (χ0v) is 11.0. The molecule has 0 saturated heterocycles. The molecule has 19 heavy (non-hydrogen) atoms. The van der Waals surface area contributed by atoms with Gasteiger partial charge >= 0.3 is 0 Å². The molecule has 0 aliphatic carbocycles. The third-order valence-corrected chi connectivity index (χ3v) is 2.53. The fraction of sp³-hybridized carbons (Fsp3) is 0.333. The molecule has 0 unspecified atom stereocenters. The summed E-state index contributed by atoms with van der Waals surface area (Å²) in [6.45, 7) is 5.84. The number of carbonyl (C=O) groups is 1. The van der Waals surface area contributed by atoms with Crippen LogP contribution in [0.15, 0.2) is 10.6 Å². The molecule has 0 aliphatic rings. The van der Waals surface area contributed by atoms with Crippen molar-refractivity contribution in [1.82, 2.24) is 20.4 Å². The van der Waals surface area contributed by atoms with Crippen molar-refractivity contribution in [3.63, 3.8) is 0 Å². The molecule has 2 rings (SSSR count). The fourth-order valence-corrected chi connectivity index (χ4v) is 1.77. The van der Waals surface area contributed by atoms with E-state index in [4.69, 9.17) is 10.3 Å². The van der Waals surface area contributed by atoms with Crippen LogP contribution in [0.5, 0.6) is 0 Å². The first-order valence-electron chi connectivity index (χ1n) is 5.89. The summed E-state index contributed by atoms with van der Waals surface area (Å²) in [5.41, 5.74) is 7.55. The molecule has 0 saturated carbocycles. The van der Waals surface area contributed by atoms with E-state index < -0.39 is 0 Å². The van der Waals surface area contributed by atoms with E-state index in [1.54, 1.807) is 19.9 Å². The molecule has 1 amide bonds. The van der Waals surface area contributed by atoms with E-state index >= 15 is 0 Å². The van der Waals surface area contributed by atoms with Crippen molar-refractivity contribution in [1.29, 1.82) is 0 Å². The van der Waals surface area contributed by atoms with Crippen LogP contribution in [-0.4, -0.2) is 27.6 Å². The second-order valence-electron chi connectivity index (χ2n) is 4.08. The number of nitrogens with one attached hydrogen (secondary N) is 1. The maximum absolute atomic E-state index is 12.1. The van der Waals surface area contributed by atoms with Crippen LogP contribution in [0.3, 0.4) is 0 Å². The molecule has 2 heterocycles. The number of anilines is 1. The summed E-state index contributed by atoms with van der Waals surface area (Å²) in [5, 5.41) is 6.51. The maximum Gasteiger partial charge on any atom is 0.255 e. The fourth-order valence-electron chi connectivity index (χ4n) is 1.77. The van der Waals surface area contributed by atoms with Gasteiger partial charge in [0.2, 0.25) is 5.95 Å². The second kappa shape index (κ2) is 5.05. The van der Waals surface area contributed by atoms with Gasteiger partial charge < -0.3 is 15.6 Å². The lowest BCUT2D eigenvalue weighted by Crippen LogP contribution is -2.25. The predicted molar refractivity (Wildman–Crippen MR) is 69.4 cm³/mol. The minimum absolute atomic E-state index is 0.0922. The highest BCUT2D eigenvalue weighted by molar-refractivity contribution is 6.00. The van der Waals surface area contributed by atoms with Crippen LogP contribution < -0.4 is 11.1 Å². The molecule has 0 radical (unpaired) electrons. The van der Waals surface area contributed by atoms with Gasteiger partial charge in [-0.3, -0.25) is 4.79 Å². The molecule has 0 spiro atoms. The van der Waals surface area contributed by atoms with Crippen LogP contribution in [0.2, 0.25) is 0 Å². The number of hydrogen-bond donors (Lipinski definition) is 2. The van der Waals surface area contributed by atoms with Crippen LogP contribution in [0.25, 0.3) is 11.5 Å². The Morgan fingerprint density at radius 2 is 2.16 bits per heavy atom. The van der Waals surface area contributed by atoms with E-state index in [1.807, 2.05) is 6.92 Å². The van der Waals surface area contributed by atoms with Crippen molar-refractivity contribution in [2.24, 2.45) is 0 Å². The van der Waals surface area contributed by atoms with Gasteiger partial charge in [0.15, 0.2) is 5.76 Å². The first-order valence-corrected chi connectivity index (χ1v) is 5.89. The summed E-state index contributed by atoms with van der Waals surface area (Å²) in [6.07, 6.45) is 0. The lowest BCUT2D eigenvalue weighted by atomic mass is 10.1. The molecule has 0 atom stereocenters. The monoisotopic (exact) mass is 261 g/mol. The molecule has 2 aromatic rings. The average molecular weight is 261 g/mol. The smallest absolute Gasteiger partial charge is 0.255 e. The van der Waals surface area contributed by atoms with Crippen LogP contribution in [-0.2, 0) is 0 Å². The maximum atomic E-state index is 12.1. The van der Waals surface area contributed by atoms with Crippen LogP contribution in [0.1, 0.15) is 28.7 Å². The number of amides is 1. The van der Waals surface area contributed by atoms with E-state index in [-0.39, 0.29) is 11.9 Å². The molecule has 3 N–H and O–H groups in total. The molecular formula is C12H15N5O2. The Balaban J connectivity index is 2.61. The summed E-state index contributed by atoms with van der Waals surface area (Å²) in [4.78, 5) is 20.2. The van der Waals surface area contributed by atoms with E-state index in [1.165, 1.54) is 0 Å². The number of aromatic nitrogens is 3. The molecule has 100 valence electrons. The topological polar surface area (TPSA) is 107 Å². The molecular weight excluding hydrogens is 246 g/mol. The molecule has 0 aliphatic heterocycles. The summed E-state index contributed by atoms with van der Waals surface area (Å²) in [6, 6.07) is 1.70. The quantitative estimate of drug-likeness (QED) is 0.856. The zero-order chi connectivity index (χ0) is 14.0. The number of nitrogen functional groups attached to an aromatic ring is 1. The second-order valence-corrected chi connectivity index (χ2v) is 4.08. The zero-order valence-electron chi connectivity index (χ0n) is 11.0. The van der Waals surface area contributed by atoms with Crippen molar-refractivity contribution in [3.8, 4) is 11.5 Å². The van der Waals surface area contributed by atoms with Crippen molar-refractivity contribution >= 4 is 11.9 Å². The Kier molecular flexibility index (Phi) is 3.46. The molecule has 0 bridgehead atoms. The van der Waals surface area contributed by atoms with Gasteiger partial charge in [-0.25, -0.2) is 9.97 Å². The first-order chi connectivity index (χ1) is 9.02. The summed E-state index contributed by atoms with van der Waals surface area (Å²) in [7, 11) is 0. The third-order valence-electron chi connectivity index (χ3n) is 2.53. The highest BCUT2D eigenvalue weighted by Crippen LogP contribution is 2.24. The van der Waals surface area contributed by atoms with E-state index in [0.29, 0.717) is 35.0 Å². The average Bonchev–Trinajstić information content (AvgIpc) is 2.75. The van der Waals surface area contributed by atoms with Gasteiger partial charge in [-0.05, 0) is 20.8 Å². The van der Waals surface area contributed by atoms with Gasteiger partial charge in [0, 0.05) is 12.6 Å². The summed E-state index contributed by atoms with van der Waals surface area (Å²) < 4.78 is 5.15. The Morgan fingerprint density at radius 3 is 2.74 bits per heavy atom. The van der Waals surface area contributed by atoms with Crippen LogP contribution >= 0.6 is 0 Å². The van der Waals surface area contributed by atoms with E-state index in [0.717, 1.165) is 0 Å². The standard InChI is InChI=1S/C12H15N5O2/c1-4-14-11(18)9-7(3)15-12(13)16-10(9)8-5-6(2)17-19-8/h5H,4H2,1-3H3,(H,14,18)(H2,13,15,16). The van der Waals surface area contributed by atoms with E-state index in [2.05, 4.69) is 20.4 Å². The predicted octanol–water partition coefficient (Wildman–Crippen LogP) is 1.08. The minimum atomic E-state index is -0.260. The Bertz CT molecular complexity index is 621. The highest BCUT2D eigenvalue weighted by atomic mass is 16.5. The van der Waals surface area contributed by atoms with Crippen molar-refractivity contribution in [2.75, 3.05) is 12.3 Å². The Morgan fingerprint density at radius 1 is 1.42 bits per heavy atom. The normalized spacial score (nSPS) is 10.5. The number of carbonyl (C=O) groups excluding carboxylic acids is 1. The first kappa shape index (κ1) is 13.0. The number of rotatable bonds is 3. The van der Waals surface area contributed by atoms with Gasteiger partial charge in [0.05, 0.1) is 17.0 Å². The van der Waals surface area contributed by atoms with Crippen LogP contribution in [0.4, 0.5) is 5.95 Å². The van der Waals surface area contributed by atoms with Gasteiger partial charge in [-0.2, -0.15) is 0 Å². The number of nitrogens with two attached hydrogens (primary N) is 1. The minimum Gasteiger partial charge on any atom is -0.368 e. The number of nitrogens with zero attached hydrogens (tertiary/aromatic N) is 3. The molecule has 7 heteroatoms. The van der Waals surface area contributed by atoms with Gasteiger partial charge in [-0.1, -0.05) is 5.16 Å². The van der Waals surface area contributed by atoms with Gasteiger partial charge in [-0.15, -0.1) is 0 Å². The number of hydrogen-bond acceptors (Lipinski definition) is 6. The largest absolute Gasteiger partial charge is 0.368 e. The lowest BCUT2D eigenvalue weighted by Gasteiger charge is -2.09. The van der Waals surface area contributed by atoms with Crippen LogP contribution in [0, 0.1) is 13.8 Å². The molecule has 0 fully saturated rings. The highest BCUT2D eigenvalue weighted by Gasteiger charge is 2.21. The summed E-state index contributed by atoms with van der Waals surface area (Å²) >= 11 is 0. The Labute approximate surface area is 110 Å². The Hall–Kier alpha value is -2.44. The van der Waals surface area contributed by atoms with Crippen molar-refractivity contribution in [2.45, 2.75) is 20.8 Å². The molecule has 2 aromatic heterocycles. The van der Waals surface area contributed by atoms with E-state index in [9.17, 15) is 4.79 Å². The summed E-state index contributed by atoms with van der Waals surface area (Å²) in [5.74, 6) is 0.231. The molecule has 0 aromatic carbocycles. The number of aryl methyl sites for hydroxylation is 2. The lowest BCUT2D eigenvalue weighted by molar-refractivity contribution is 0.0955. The SMILES string of the molecule is CCNC(=O)c1c(C)nc(N)nc1-c1cc(C)no1. The van der Waals surface area contributed by atoms with Crippen molar-refractivity contribution in [3.05, 3.63) is 23.0 Å². The third kappa shape index (κ3) is 2.54. The van der Waals surface area contributed by atoms with Gasteiger partial charge in [0.25, 0.3) is 5.91 Å². The molecule has 7 nitrogen and oxygen atoms in total.